The third-order valence-electron chi connectivity index (χ3n) is 2.19. The molecule has 0 aliphatic heterocycles. The van der Waals surface area contributed by atoms with Crippen LogP contribution >= 0.6 is 0 Å². The number of carbonyl (C=O) groups is 1. The van der Waals surface area contributed by atoms with Crippen LogP contribution in [-0.2, 0) is 0 Å². The molecule has 16 heavy (non-hydrogen) atoms. The van der Waals surface area contributed by atoms with Gasteiger partial charge in [0.2, 0.25) is 0 Å². The average molecular weight is 229 g/mol. The van der Waals surface area contributed by atoms with Crippen LogP contribution in [0.15, 0.2) is 0 Å². The lowest BCUT2D eigenvalue weighted by Gasteiger charge is -2.22. The van der Waals surface area contributed by atoms with Gasteiger partial charge in [-0.1, -0.05) is 13.8 Å². The summed E-state index contributed by atoms with van der Waals surface area (Å²) >= 11 is 0. The van der Waals surface area contributed by atoms with E-state index in [0.717, 1.165) is 26.1 Å². The van der Waals surface area contributed by atoms with Crippen molar-refractivity contribution in [1.29, 1.82) is 0 Å². The zero-order valence-corrected chi connectivity index (χ0v) is 11.4. The predicted octanol–water partition coefficient (Wildman–Crippen LogP) is 1.82. The Hall–Kier alpha value is -0.770. The number of rotatable bonds is 6. The summed E-state index contributed by atoms with van der Waals surface area (Å²) in [6.45, 7) is 14.0. The number of likely N-dealkylation sites (N-methyl/N-ethyl adjacent to an activating group) is 1. The normalized spacial score (nSPS) is 11.6. The van der Waals surface area contributed by atoms with Gasteiger partial charge in [0, 0.05) is 18.6 Å². The van der Waals surface area contributed by atoms with Crippen LogP contribution in [0.1, 0.15) is 41.0 Å². The number of nitrogens with zero attached hydrogens (tertiary/aromatic N) is 1. The van der Waals surface area contributed by atoms with E-state index in [9.17, 15) is 4.79 Å². The first-order valence-corrected chi connectivity index (χ1v) is 6.17. The first-order valence-electron chi connectivity index (χ1n) is 6.17. The van der Waals surface area contributed by atoms with Crippen LogP contribution in [0, 0.1) is 0 Å². The van der Waals surface area contributed by atoms with Crippen molar-refractivity contribution < 1.29 is 4.79 Å². The summed E-state index contributed by atoms with van der Waals surface area (Å²) in [7, 11) is 0. The maximum Gasteiger partial charge on any atom is 0.315 e. The van der Waals surface area contributed by atoms with Gasteiger partial charge in [0.15, 0.2) is 0 Å². The minimum atomic E-state index is -0.169. The second-order valence-electron chi connectivity index (χ2n) is 5.07. The van der Waals surface area contributed by atoms with Gasteiger partial charge in [0.05, 0.1) is 0 Å². The number of urea groups is 1. The Morgan fingerprint density at radius 3 is 2.25 bits per heavy atom. The Bertz CT molecular complexity index is 199. The van der Waals surface area contributed by atoms with Crippen molar-refractivity contribution >= 4 is 6.03 Å². The third-order valence-corrected chi connectivity index (χ3v) is 2.19. The Labute approximate surface area is 99.8 Å². The van der Waals surface area contributed by atoms with Gasteiger partial charge in [-0.05, 0) is 40.3 Å². The molecule has 0 rings (SSSR count). The van der Waals surface area contributed by atoms with Gasteiger partial charge in [-0.3, -0.25) is 0 Å². The molecule has 0 heterocycles. The molecule has 0 bridgehead atoms. The molecular weight excluding hydrogens is 202 g/mol. The summed E-state index contributed by atoms with van der Waals surface area (Å²) in [5.41, 5.74) is -0.169. The molecule has 0 atom stereocenters. The van der Waals surface area contributed by atoms with E-state index in [1.54, 1.807) is 0 Å². The minimum Gasteiger partial charge on any atom is -0.337 e. The van der Waals surface area contributed by atoms with Gasteiger partial charge in [-0.25, -0.2) is 4.79 Å². The van der Waals surface area contributed by atoms with Crippen LogP contribution in [0.25, 0.3) is 0 Å². The average Bonchev–Trinajstić information content (AvgIpc) is 2.13. The molecule has 2 amide bonds. The summed E-state index contributed by atoms with van der Waals surface area (Å²) < 4.78 is 0. The van der Waals surface area contributed by atoms with E-state index in [1.807, 2.05) is 20.8 Å². The molecule has 0 fully saturated rings. The van der Waals surface area contributed by atoms with Crippen LogP contribution in [0.2, 0.25) is 0 Å². The molecule has 96 valence electrons. The fraction of sp³-hybridized carbons (Fsp3) is 0.917. The molecule has 0 radical (unpaired) electrons. The smallest absolute Gasteiger partial charge is 0.315 e. The van der Waals surface area contributed by atoms with Crippen molar-refractivity contribution in [1.82, 2.24) is 15.5 Å². The van der Waals surface area contributed by atoms with Crippen LogP contribution in [0.4, 0.5) is 4.79 Å². The van der Waals surface area contributed by atoms with E-state index < -0.39 is 0 Å². The van der Waals surface area contributed by atoms with Crippen molar-refractivity contribution in [3.63, 3.8) is 0 Å². The largest absolute Gasteiger partial charge is 0.337 e. The van der Waals surface area contributed by atoms with Gasteiger partial charge in [0.1, 0.15) is 0 Å². The van der Waals surface area contributed by atoms with Gasteiger partial charge in [-0.15, -0.1) is 0 Å². The number of hydrogen-bond acceptors (Lipinski definition) is 2. The third kappa shape index (κ3) is 8.53. The van der Waals surface area contributed by atoms with E-state index in [-0.39, 0.29) is 11.6 Å². The number of hydrogen-bond donors (Lipinski definition) is 2. The summed E-state index contributed by atoms with van der Waals surface area (Å²) in [5, 5.41) is 5.75. The SMILES string of the molecule is CCCN(CC)CCNC(=O)NC(C)(C)C. The fourth-order valence-corrected chi connectivity index (χ4v) is 1.46. The Morgan fingerprint density at radius 2 is 1.81 bits per heavy atom. The molecule has 0 spiro atoms. The van der Waals surface area contributed by atoms with Gasteiger partial charge in [-0.2, -0.15) is 0 Å². The topological polar surface area (TPSA) is 44.4 Å². The summed E-state index contributed by atoms with van der Waals surface area (Å²) in [4.78, 5) is 13.8. The van der Waals surface area contributed by atoms with Crippen molar-refractivity contribution in [3.8, 4) is 0 Å². The molecule has 2 N–H and O–H groups in total. The molecule has 0 aliphatic rings. The Kier molecular flexibility index (Phi) is 7.13. The summed E-state index contributed by atoms with van der Waals surface area (Å²) in [6, 6.07) is -0.0833. The molecule has 0 aromatic rings. The first-order chi connectivity index (χ1) is 7.39. The highest BCUT2D eigenvalue weighted by Crippen LogP contribution is 1.97. The summed E-state index contributed by atoms with van der Waals surface area (Å²) in [6.07, 6.45) is 1.15. The van der Waals surface area contributed by atoms with Gasteiger partial charge in [0.25, 0.3) is 0 Å². The maximum atomic E-state index is 11.4. The van der Waals surface area contributed by atoms with Gasteiger partial charge >= 0.3 is 6.03 Å². The molecule has 0 aromatic heterocycles. The zero-order chi connectivity index (χ0) is 12.6. The second kappa shape index (κ2) is 7.49. The van der Waals surface area contributed by atoms with E-state index in [1.165, 1.54) is 0 Å². The van der Waals surface area contributed by atoms with Crippen LogP contribution in [0.5, 0.6) is 0 Å². The van der Waals surface area contributed by atoms with Crippen LogP contribution in [-0.4, -0.2) is 42.6 Å². The number of carbonyl (C=O) groups excluding carboxylic acids is 1. The monoisotopic (exact) mass is 229 g/mol. The van der Waals surface area contributed by atoms with E-state index >= 15 is 0 Å². The van der Waals surface area contributed by atoms with Crippen molar-refractivity contribution in [2.75, 3.05) is 26.2 Å². The molecule has 0 aromatic carbocycles. The maximum absolute atomic E-state index is 11.4. The van der Waals surface area contributed by atoms with Crippen LogP contribution < -0.4 is 10.6 Å². The molecule has 0 aliphatic carbocycles. The molecule has 0 unspecified atom stereocenters. The fourth-order valence-electron chi connectivity index (χ4n) is 1.46. The molecule has 0 saturated carbocycles. The molecule has 4 heteroatoms. The second-order valence-corrected chi connectivity index (χ2v) is 5.07. The predicted molar refractivity (Wildman–Crippen MR) is 68.7 cm³/mol. The quantitative estimate of drug-likeness (QED) is 0.729. The van der Waals surface area contributed by atoms with Crippen LogP contribution in [0.3, 0.4) is 0 Å². The van der Waals surface area contributed by atoms with Gasteiger partial charge < -0.3 is 15.5 Å². The highest BCUT2D eigenvalue weighted by atomic mass is 16.2. The Morgan fingerprint density at radius 1 is 1.19 bits per heavy atom. The Balaban J connectivity index is 3.68. The number of amides is 2. The zero-order valence-electron chi connectivity index (χ0n) is 11.4. The minimum absolute atomic E-state index is 0.0833. The molecule has 0 saturated heterocycles. The van der Waals surface area contributed by atoms with Crippen molar-refractivity contribution in [2.45, 2.75) is 46.6 Å². The highest BCUT2D eigenvalue weighted by Gasteiger charge is 2.12. The lowest BCUT2D eigenvalue weighted by Crippen LogP contribution is -2.48. The lowest BCUT2D eigenvalue weighted by atomic mass is 10.1. The first kappa shape index (κ1) is 15.2. The highest BCUT2D eigenvalue weighted by molar-refractivity contribution is 5.74. The van der Waals surface area contributed by atoms with E-state index in [4.69, 9.17) is 0 Å². The molecular formula is C12H27N3O. The van der Waals surface area contributed by atoms with E-state index in [0.29, 0.717) is 6.54 Å². The van der Waals surface area contributed by atoms with E-state index in [2.05, 4.69) is 29.4 Å². The van der Waals surface area contributed by atoms with Crippen molar-refractivity contribution in [2.24, 2.45) is 0 Å². The lowest BCUT2D eigenvalue weighted by molar-refractivity contribution is 0.228. The van der Waals surface area contributed by atoms with Crippen molar-refractivity contribution in [3.05, 3.63) is 0 Å². The summed E-state index contributed by atoms with van der Waals surface area (Å²) in [5.74, 6) is 0. The molecule has 4 nitrogen and oxygen atoms in total. The number of nitrogens with one attached hydrogen (secondary N) is 2. The standard InChI is InChI=1S/C12H27N3O/c1-6-9-15(7-2)10-8-13-11(16)14-12(3,4)5/h6-10H2,1-5H3,(H2,13,14,16).